The number of nitrogens with zero attached hydrogens (tertiary/aromatic N) is 1. The van der Waals surface area contributed by atoms with Gasteiger partial charge in [0.25, 0.3) is 5.56 Å². The summed E-state index contributed by atoms with van der Waals surface area (Å²) in [5.41, 5.74) is 4.21. The second-order valence-electron chi connectivity index (χ2n) is 7.01. The molecule has 144 valence electrons. The monoisotopic (exact) mass is 375 g/mol. The van der Waals surface area contributed by atoms with Crippen LogP contribution in [0.5, 0.6) is 0 Å². The van der Waals surface area contributed by atoms with Gasteiger partial charge in [0.05, 0.1) is 13.2 Å². The first kappa shape index (κ1) is 19.6. The standard InChI is InChI=1S/C24H25NO3/c1-4-28-24(27)22-13-8-14-25(23(22)26)16-20-9-5-6-12-21(20)19-11-7-10-18(15-19)17(2)3/h5-15,17H,4,16H2,1-3H3. The summed E-state index contributed by atoms with van der Waals surface area (Å²) in [5.74, 6) is -0.143. The number of aromatic nitrogens is 1. The lowest BCUT2D eigenvalue weighted by molar-refractivity contribution is 0.0523. The van der Waals surface area contributed by atoms with Crippen LogP contribution >= 0.6 is 0 Å². The van der Waals surface area contributed by atoms with Crippen molar-refractivity contribution in [2.45, 2.75) is 33.2 Å². The van der Waals surface area contributed by atoms with Gasteiger partial charge in [0.15, 0.2) is 0 Å². The molecule has 0 bridgehead atoms. The van der Waals surface area contributed by atoms with Crippen LogP contribution in [0.2, 0.25) is 0 Å². The van der Waals surface area contributed by atoms with E-state index in [1.165, 1.54) is 11.6 Å². The van der Waals surface area contributed by atoms with Gasteiger partial charge >= 0.3 is 5.97 Å². The molecule has 4 nitrogen and oxygen atoms in total. The number of hydrogen-bond donors (Lipinski definition) is 0. The van der Waals surface area contributed by atoms with E-state index in [0.29, 0.717) is 12.5 Å². The number of benzene rings is 2. The highest BCUT2D eigenvalue weighted by Crippen LogP contribution is 2.27. The van der Waals surface area contributed by atoms with Crippen molar-refractivity contribution in [3.8, 4) is 11.1 Å². The van der Waals surface area contributed by atoms with Crippen molar-refractivity contribution < 1.29 is 9.53 Å². The van der Waals surface area contributed by atoms with Crippen LogP contribution in [0.25, 0.3) is 11.1 Å². The van der Waals surface area contributed by atoms with Crippen LogP contribution < -0.4 is 5.56 Å². The number of pyridine rings is 1. The Hall–Kier alpha value is -3.14. The van der Waals surface area contributed by atoms with Crippen LogP contribution in [0.1, 0.15) is 48.2 Å². The number of carbonyl (C=O) groups is 1. The highest BCUT2D eigenvalue weighted by molar-refractivity contribution is 5.88. The van der Waals surface area contributed by atoms with Crippen LogP contribution in [-0.2, 0) is 11.3 Å². The van der Waals surface area contributed by atoms with Crippen molar-refractivity contribution in [3.05, 3.63) is 93.9 Å². The minimum Gasteiger partial charge on any atom is -0.462 e. The van der Waals surface area contributed by atoms with Crippen LogP contribution in [0.15, 0.2) is 71.7 Å². The Bertz CT molecular complexity index is 1030. The van der Waals surface area contributed by atoms with Gasteiger partial charge < -0.3 is 9.30 Å². The Morgan fingerprint density at radius 2 is 1.82 bits per heavy atom. The topological polar surface area (TPSA) is 48.3 Å². The average molecular weight is 375 g/mol. The summed E-state index contributed by atoms with van der Waals surface area (Å²) in [7, 11) is 0. The first-order valence-electron chi connectivity index (χ1n) is 9.56. The lowest BCUT2D eigenvalue weighted by Gasteiger charge is -2.14. The van der Waals surface area contributed by atoms with Crippen LogP contribution in [-0.4, -0.2) is 17.1 Å². The second kappa shape index (κ2) is 8.70. The smallest absolute Gasteiger partial charge is 0.343 e. The molecule has 0 spiro atoms. The molecule has 0 aliphatic rings. The average Bonchev–Trinajstić information content (AvgIpc) is 2.70. The van der Waals surface area contributed by atoms with Gasteiger partial charge in [-0.2, -0.15) is 0 Å². The van der Waals surface area contributed by atoms with Crippen LogP contribution in [0.3, 0.4) is 0 Å². The number of ether oxygens (including phenoxy) is 1. The molecule has 4 heteroatoms. The van der Waals surface area contributed by atoms with Gasteiger partial charge in [-0.25, -0.2) is 4.79 Å². The Labute approximate surface area is 165 Å². The minimum atomic E-state index is -0.584. The molecule has 2 aromatic carbocycles. The fourth-order valence-electron chi connectivity index (χ4n) is 3.21. The highest BCUT2D eigenvalue weighted by Gasteiger charge is 2.14. The molecular formula is C24H25NO3. The van der Waals surface area contributed by atoms with Gasteiger partial charge in [-0.05, 0) is 47.2 Å². The summed E-state index contributed by atoms with van der Waals surface area (Å²) in [4.78, 5) is 24.8. The Balaban J connectivity index is 2.00. The molecule has 0 unspecified atom stereocenters. The molecule has 0 aliphatic heterocycles. The molecule has 0 fully saturated rings. The lowest BCUT2D eigenvalue weighted by atomic mass is 9.94. The maximum atomic E-state index is 12.7. The van der Waals surface area contributed by atoms with E-state index in [2.05, 4.69) is 44.2 Å². The van der Waals surface area contributed by atoms with Crippen molar-refractivity contribution in [1.29, 1.82) is 0 Å². The highest BCUT2D eigenvalue weighted by atomic mass is 16.5. The molecule has 1 heterocycles. The number of hydrogen-bond acceptors (Lipinski definition) is 3. The van der Waals surface area contributed by atoms with Crippen LogP contribution in [0.4, 0.5) is 0 Å². The first-order chi connectivity index (χ1) is 13.5. The third-order valence-electron chi connectivity index (χ3n) is 4.74. The summed E-state index contributed by atoms with van der Waals surface area (Å²) in [5, 5.41) is 0. The predicted octanol–water partition coefficient (Wildman–Crippen LogP) is 4.86. The van der Waals surface area contributed by atoms with Gasteiger partial charge in [-0.1, -0.05) is 62.4 Å². The molecule has 0 atom stereocenters. The molecule has 3 rings (SSSR count). The molecule has 28 heavy (non-hydrogen) atoms. The van der Waals surface area contributed by atoms with Gasteiger partial charge in [0.2, 0.25) is 0 Å². The quantitative estimate of drug-likeness (QED) is 0.578. The number of esters is 1. The molecule has 3 aromatic rings. The zero-order chi connectivity index (χ0) is 20.1. The minimum absolute atomic E-state index is 0.0589. The van der Waals surface area contributed by atoms with E-state index in [0.717, 1.165) is 16.7 Å². The van der Waals surface area contributed by atoms with Crippen molar-refractivity contribution in [2.75, 3.05) is 6.61 Å². The Morgan fingerprint density at radius 3 is 2.57 bits per heavy atom. The second-order valence-corrected chi connectivity index (χ2v) is 7.01. The molecule has 0 radical (unpaired) electrons. The summed E-state index contributed by atoms with van der Waals surface area (Å²) >= 11 is 0. The van der Waals surface area contributed by atoms with E-state index in [-0.39, 0.29) is 17.7 Å². The van der Waals surface area contributed by atoms with Gasteiger partial charge in [0.1, 0.15) is 5.56 Å². The normalized spacial score (nSPS) is 10.9. The van der Waals surface area contributed by atoms with Gasteiger partial charge in [-0.3, -0.25) is 4.79 Å². The van der Waals surface area contributed by atoms with Gasteiger partial charge in [0, 0.05) is 6.20 Å². The summed E-state index contributed by atoms with van der Waals surface area (Å²) in [6, 6.07) is 19.7. The van der Waals surface area contributed by atoms with Crippen molar-refractivity contribution in [1.82, 2.24) is 4.57 Å². The van der Waals surface area contributed by atoms with Crippen LogP contribution in [0, 0.1) is 0 Å². The van der Waals surface area contributed by atoms with E-state index in [9.17, 15) is 9.59 Å². The zero-order valence-corrected chi connectivity index (χ0v) is 16.5. The maximum Gasteiger partial charge on any atom is 0.343 e. The molecule has 0 saturated heterocycles. The molecule has 0 saturated carbocycles. The molecule has 0 amide bonds. The van der Waals surface area contributed by atoms with E-state index < -0.39 is 5.97 Å². The fourth-order valence-corrected chi connectivity index (χ4v) is 3.21. The summed E-state index contributed by atoms with van der Waals surface area (Å²) in [6.45, 7) is 6.69. The Morgan fingerprint density at radius 1 is 1.04 bits per heavy atom. The van der Waals surface area contributed by atoms with E-state index in [1.54, 1.807) is 23.8 Å². The third kappa shape index (κ3) is 4.22. The molecule has 1 aromatic heterocycles. The van der Waals surface area contributed by atoms with E-state index in [4.69, 9.17) is 4.74 Å². The first-order valence-corrected chi connectivity index (χ1v) is 9.56. The third-order valence-corrected chi connectivity index (χ3v) is 4.74. The largest absolute Gasteiger partial charge is 0.462 e. The van der Waals surface area contributed by atoms with E-state index in [1.807, 2.05) is 18.2 Å². The van der Waals surface area contributed by atoms with E-state index >= 15 is 0 Å². The molecule has 0 aliphatic carbocycles. The SMILES string of the molecule is CCOC(=O)c1cccn(Cc2ccccc2-c2cccc(C(C)C)c2)c1=O. The maximum absolute atomic E-state index is 12.7. The zero-order valence-electron chi connectivity index (χ0n) is 16.5. The number of rotatable bonds is 6. The predicted molar refractivity (Wildman–Crippen MR) is 112 cm³/mol. The lowest BCUT2D eigenvalue weighted by Crippen LogP contribution is -2.27. The fraction of sp³-hybridized carbons (Fsp3) is 0.250. The molecular weight excluding hydrogens is 350 g/mol. The summed E-state index contributed by atoms with van der Waals surface area (Å²) < 4.78 is 6.54. The van der Waals surface area contributed by atoms with Gasteiger partial charge in [-0.15, -0.1) is 0 Å². The molecule has 0 N–H and O–H groups in total. The van der Waals surface area contributed by atoms with Crippen molar-refractivity contribution >= 4 is 5.97 Å². The van der Waals surface area contributed by atoms with Crippen molar-refractivity contribution in [2.24, 2.45) is 0 Å². The van der Waals surface area contributed by atoms with Crippen molar-refractivity contribution in [3.63, 3.8) is 0 Å². The Kier molecular flexibility index (Phi) is 6.09. The number of carbonyl (C=O) groups excluding carboxylic acids is 1. The summed E-state index contributed by atoms with van der Waals surface area (Å²) in [6.07, 6.45) is 1.70.